The molecule has 0 aliphatic rings. The number of hydrogen-bond acceptors (Lipinski definition) is 3. The van der Waals surface area contributed by atoms with Gasteiger partial charge in [-0.05, 0) is 54.2 Å². The van der Waals surface area contributed by atoms with Gasteiger partial charge in [-0.2, -0.15) is 0 Å². The van der Waals surface area contributed by atoms with Crippen molar-refractivity contribution in [2.24, 2.45) is 5.92 Å². The molecule has 2 aromatic carbocycles. The van der Waals surface area contributed by atoms with Crippen LogP contribution in [-0.4, -0.2) is 19.3 Å². The van der Waals surface area contributed by atoms with E-state index >= 15 is 0 Å². The first-order valence-corrected chi connectivity index (χ1v) is 8.61. The van der Waals surface area contributed by atoms with Crippen LogP contribution in [0.4, 0.5) is 0 Å². The van der Waals surface area contributed by atoms with Crippen LogP contribution >= 0.6 is 0 Å². The van der Waals surface area contributed by atoms with E-state index in [1.54, 1.807) is 14.2 Å². The highest BCUT2D eigenvalue weighted by Gasteiger charge is 2.38. The van der Waals surface area contributed by atoms with Gasteiger partial charge in [0, 0.05) is 0 Å². The number of aliphatic hydroxyl groups is 1. The molecule has 3 nitrogen and oxygen atoms in total. The summed E-state index contributed by atoms with van der Waals surface area (Å²) < 4.78 is 10.5. The second-order valence-corrected chi connectivity index (χ2v) is 6.12. The molecule has 0 aliphatic heterocycles. The highest BCUT2D eigenvalue weighted by atomic mass is 16.5. The van der Waals surface area contributed by atoms with E-state index in [9.17, 15) is 5.11 Å². The zero-order valence-electron chi connectivity index (χ0n) is 15.1. The molecule has 0 bridgehead atoms. The average molecular weight is 328 g/mol. The van der Waals surface area contributed by atoms with Crippen molar-refractivity contribution < 1.29 is 14.6 Å². The third kappa shape index (κ3) is 3.57. The molecule has 1 unspecified atom stereocenters. The van der Waals surface area contributed by atoms with E-state index in [2.05, 4.69) is 13.8 Å². The molecule has 0 aliphatic carbocycles. The monoisotopic (exact) mass is 328 g/mol. The quantitative estimate of drug-likeness (QED) is 0.759. The van der Waals surface area contributed by atoms with Crippen molar-refractivity contribution >= 4 is 0 Å². The van der Waals surface area contributed by atoms with Crippen LogP contribution < -0.4 is 9.47 Å². The summed E-state index contributed by atoms with van der Waals surface area (Å²) in [7, 11) is 3.30. The lowest BCUT2D eigenvalue weighted by atomic mass is 9.73. The van der Waals surface area contributed by atoms with Gasteiger partial charge < -0.3 is 14.6 Å². The van der Waals surface area contributed by atoms with Crippen LogP contribution in [0.15, 0.2) is 48.5 Å². The Morgan fingerprint density at radius 2 is 1.25 bits per heavy atom. The zero-order chi connectivity index (χ0) is 17.6. The molecular weight excluding hydrogens is 300 g/mol. The maximum atomic E-state index is 11.8. The molecule has 1 N–H and O–H groups in total. The van der Waals surface area contributed by atoms with Crippen molar-refractivity contribution in [3.05, 3.63) is 59.7 Å². The summed E-state index contributed by atoms with van der Waals surface area (Å²) in [6, 6.07) is 15.5. The molecule has 2 rings (SSSR count). The molecule has 0 spiro atoms. The summed E-state index contributed by atoms with van der Waals surface area (Å²) in [5.41, 5.74) is 0.770. The van der Waals surface area contributed by atoms with Gasteiger partial charge in [0.05, 0.1) is 14.2 Å². The Bertz CT molecular complexity index is 569. The van der Waals surface area contributed by atoms with Gasteiger partial charge in [0.2, 0.25) is 0 Å². The molecule has 0 aromatic heterocycles. The van der Waals surface area contributed by atoms with E-state index in [1.165, 1.54) is 0 Å². The van der Waals surface area contributed by atoms with E-state index in [1.807, 2.05) is 48.5 Å². The van der Waals surface area contributed by atoms with Crippen molar-refractivity contribution in [2.75, 3.05) is 14.2 Å². The predicted octanol–water partition coefficient (Wildman–Crippen LogP) is 4.77. The van der Waals surface area contributed by atoms with E-state index in [-0.39, 0.29) is 5.92 Å². The molecule has 2 aromatic rings. The van der Waals surface area contributed by atoms with E-state index in [0.717, 1.165) is 41.9 Å². The van der Waals surface area contributed by atoms with Crippen LogP contribution in [0.2, 0.25) is 0 Å². The number of hydrogen-bond donors (Lipinski definition) is 1. The third-order valence-electron chi connectivity index (χ3n) is 4.78. The highest BCUT2D eigenvalue weighted by Crippen LogP contribution is 2.41. The fourth-order valence-corrected chi connectivity index (χ4v) is 3.39. The predicted molar refractivity (Wildman–Crippen MR) is 97.7 cm³/mol. The number of ether oxygens (including phenoxy) is 2. The lowest BCUT2D eigenvalue weighted by molar-refractivity contribution is 0.00975. The summed E-state index contributed by atoms with van der Waals surface area (Å²) >= 11 is 0. The highest BCUT2D eigenvalue weighted by molar-refractivity contribution is 5.41. The number of methoxy groups -OCH3 is 2. The molecule has 0 saturated heterocycles. The Kier molecular flexibility index (Phi) is 6.27. The van der Waals surface area contributed by atoms with Crippen molar-refractivity contribution in [3.63, 3.8) is 0 Å². The molecule has 0 fully saturated rings. The van der Waals surface area contributed by atoms with Gasteiger partial charge >= 0.3 is 0 Å². The van der Waals surface area contributed by atoms with E-state index < -0.39 is 5.60 Å². The molecule has 0 saturated carbocycles. The molecule has 3 heteroatoms. The van der Waals surface area contributed by atoms with Crippen LogP contribution in [0.25, 0.3) is 0 Å². The van der Waals surface area contributed by atoms with Gasteiger partial charge in [0.1, 0.15) is 17.1 Å². The maximum Gasteiger partial charge on any atom is 0.118 e. The summed E-state index contributed by atoms with van der Waals surface area (Å²) in [5.74, 6) is 1.73. The molecule has 0 radical (unpaired) electrons. The summed E-state index contributed by atoms with van der Waals surface area (Å²) in [5, 5.41) is 11.8. The van der Waals surface area contributed by atoms with Crippen LogP contribution in [0, 0.1) is 5.92 Å². The van der Waals surface area contributed by atoms with Crippen LogP contribution in [0.3, 0.4) is 0 Å². The number of rotatable bonds is 8. The largest absolute Gasteiger partial charge is 0.497 e. The molecule has 130 valence electrons. The Morgan fingerprint density at radius 3 is 1.54 bits per heavy atom. The Labute approximate surface area is 145 Å². The SMILES string of the molecule is CCCC(CC)C(O)(c1ccc(OC)cc1)c1ccc(OC)cc1. The molecule has 0 amide bonds. The number of benzene rings is 2. The zero-order valence-corrected chi connectivity index (χ0v) is 15.1. The van der Waals surface area contributed by atoms with Crippen LogP contribution in [0.5, 0.6) is 11.5 Å². The minimum absolute atomic E-state index is 0.143. The van der Waals surface area contributed by atoms with Crippen LogP contribution in [0.1, 0.15) is 44.2 Å². The minimum Gasteiger partial charge on any atom is -0.497 e. The lowest BCUT2D eigenvalue weighted by Crippen LogP contribution is -2.36. The summed E-state index contributed by atoms with van der Waals surface area (Å²) in [6.45, 7) is 4.30. The molecular formula is C21H28O3. The van der Waals surface area contributed by atoms with Gasteiger partial charge in [-0.1, -0.05) is 44.5 Å². The van der Waals surface area contributed by atoms with Crippen LogP contribution in [-0.2, 0) is 5.60 Å². The van der Waals surface area contributed by atoms with Crippen molar-refractivity contribution in [1.82, 2.24) is 0 Å². The lowest BCUT2D eigenvalue weighted by Gasteiger charge is -2.37. The smallest absolute Gasteiger partial charge is 0.118 e. The first-order chi connectivity index (χ1) is 11.6. The normalized spacial score (nSPS) is 12.7. The standard InChI is InChI=1S/C21H28O3/c1-5-7-16(6-2)21(22,17-8-12-19(23-3)13-9-17)18-10-14-20(24-4)15-11-18/h8-16,22H,5-7H2,1-4H3. The molecule has 0 heterocycles. The van der Waals surface area contributed by atoms with E-state index in [4.69, 9.17) is 9.47 Å². The molecule has 24 heavy (non-hydrogen) atoms. The fraction of sp³-hybridized carbons (Fsp3) is 0.429. The second kappa shape index (κ2) is 8.20. The summed E-state index contributed by atoms with van der Waals surface area (Å²) in [6.07, 6.45) is 2.90. The minimum atomic E-state index is -1.02. The Morgan fingerprint density at radius 1 is 0.833 bits per heavy atom. The first-order valence-electron chi connectivity index (χ1n) is 8.61. The van der Waals surface area contributed by atoms with Gasteiger partial charge in [0.25, 0.3) is 0 Å². The Hall–Kier alpha value is -2.00. The van der Waals surface area contributed by atoms with Gasteiger partial charge in [-0.3, -0.25) is 0 Å². The van der Waals surface area contributed by atoms with Gasteiger partial charge in [-0.15, -0.1) is 0 Å². The van der Waals surface area contributed by atoms with Crippen molar-refractivity contribution in [2.45, 2.75) is 38.7 Å². The molecule has 1 atom stereocenters. The topological polar surface area (TPSA) is 38.7 Å². The van der Waals surface area contributed by atoms with Crippen molar-refractivity contribution in [3.8, 4) is 11.5 Å². The van der Waals surface area contributed by atoms with Gasteiger partial charge in [-0.25, -0.2) is 0 Å². The fourth-order valence-electron chi connectivity index (χ4n) is 3.39. The Balaban J connectivity index is 2.53. The van der Waals surface area contributed by atoms with Crippen molar-refractivity contribution in [1.29, 1.82) is 0 Å². The third-order valence-corrected chi connectivity index (χ3v) is 4.78. The second-order valence-electron chi connectivity index (χ2n) is 6.12. The summed E-state index contributed by atoms with van der Waals surface area (Å²) in [4.78, 5) is 0. The van der Waals surface area contributed by atoms with E-state index in [0.29, 0.717) is 0 Å². The average Bonchev–Trinajstić information content (AvgIpc) is 2.65. The maximum absolute atomic E-state index is 11.8. The van der Waals surface area contributed by atoms with Gasteiger partial charge in [0.15, 0.2) is 0 Å². The first kappa shape index (κ1) is 18.3.